The molecular formula is C14H13ClFNOS. The molecule has 100 valence electrons. The lowest BCUT2D eigenvalue weighted by atomic mass is 10.2. The summed E-state index contributed by atoms with van der Waals surface area (Å²) in [5.41, 5.74) is 0.448. The topological polar surface area (TPSA) is 29.1 Å². The zero-order valence-electron chi connectivity index (χ0n) is 10.2. The van der Waals surface area contributed by atoms with E-state index in [0.717, 1.165) is 12.8 Å². The molecule has 1 aromatic carbocycles. The van der Waals surface area contributed by atoms with Crippen molar-refractivity contribution in [3.63, 3.8) is 0 Å². The first-order chi connectivity index (χ1) is 9.15. The van der Waals surface area contributed by atoms with E-state index >= 15 is 0 Å². The number of halogens is 2. The molecular weight excluding hydrogens is 285 g/mol. The number of carbonyl (C=O) groups is 1. The highest BCUT2D eigenvalue weighted by Crippen LogP contribution is 2.22. The summed E-state index contributed by atoms with van der Waals surface area (Å²) in [6.45, 7) is 0. The Morgan fingerprint density at radius 1 is 1.37 bits per heavy atom. The summed E-state index contributed by atoms with van der Waals surface area (Å²) in [4.78, 5) is 13.0. The molecule has 0 fully saturated rings. The lowest BCUT2D eigenvalue weighted by Gasteiger charge is -2.06. The smallest absolute Gasteiger partial charge is 0.224 e. The quantitative estimate of drug-likeness (QED) is 0.865. The van der Waals surface area contributed by atoms with Crippen molar-refractivity contribution in [3.05, 3.63) is 51.4 Å². The van der Waals surface area contributed by atoms with Gasteiger partial charge >= 0.3 is 0 Å². The average molecular weight is 298 g/mol. The fraction of sp³-hybridized carbons (Fsp3) is 0.214. The van der Waals surface area contributed by atoms with Crippen LogP contribution in [0.25, 0.3) is 0 Å². The van der Waals surface area contributed by atoms with Gasteiger partial charge in [0.15, 0.2) is 0 Å². The maximum absolute atomic E-state index is 12.8. The number of aryl methyl sites for hydroxylation is 1. The number of nitrogens with one attached hydrogen (secondary N) is 1. The molecule has 0 radical (unpaired) electrons. The van der Waals surface area contributed by atoms with Crippen LogP contribution in [-0.4, -0.2) is 5.91 Å². The van der Waals surface area contributed by atoms with E-state index in [1.165, 1.54) is 23.1 Å². The first-order valence-electron chi connectivity index (χ1n) is 5.92. The number of hydrogen-bond acceptors (Lipinski definition) is 2. The number of anilines is 1. The molecule has 0 bridgehead atoms. The second-order valence-corrected chi connectivity index (χ2v) is 5.54. The fourth-order valence-electron chi connectivity index (χ4n) is 1.68. The van der Waals surface area contributed by atoms with Gasteiger partial charge in [-0.25, -0.2) is 4.39 Å². The molecule has 0 aliphatic heterocycles. The standard InChI is InChI=1S/C14H13ClFNOS/c15-12-9-10(16)6-7-13(12)17-14(18)5-1-3-11-4-2-8-19-11/h2,4,6-9H,1,3,5H2,(H,17,18). The Morgan fingerprint density at radius 2 is 2.21 bits per heavy atom. The van der Waals surface area contributed by atoms with Crippen LogP contribution in [0.15, 0.2) is 35.7 Å². The van der Waals surface area contributed by atoms with Gasteiger partial charge < -0.3 is 5.32 Å². The van der Waals surface area contributed by atoms with Crippen LogP contribution in [0.2, 0.25) is 5.02 Å². The van der Waals surface area contributed by atoms with Crippen molar-refractivity contribution in [1.29, 1.82) is 0 Å². The van der Waals surface area contributed by atoms with Gasteiger partial charge in [0.25, 0.3) is 0 Å². The highest BCUT2D eigenvalue weighted by atomic mass is 35.5. The van der Waals surface area contributed by atoms with Crippen LogP contribution in [0.3, 0.4) is 0 Å². The van der Waals surface area contributed by atoms with E-state index in [9.17, 15) is 9.18 Å². The second kappa shape index (κ2) is 6.68. The van der Waals surface area contributed by atoms with Gasteiger partial charge in [0, 0.05) is 11.3 Å². The van der Waals surface area contributed by atoms with Gasteiger partial charge in [-0.1, -0.05) is 17.7 Å². The maximum Gasteiger partial charge on any atom is 0.224 e. The third-order valence-corrected chi connectivity index (χ3v) is 3.86. The summed E-state index contributed by atoms with van der Waals surface area (Å²) < 4.78 is 12.8. The predicted molar refractivity (Wildman–Crippen MR) is 77.3 cm³/mol. The minimum Gasteiger partial charge on any atom is -0.325 e. The molecule has 2 nitrogen and oxygen atoms in total. The number of benzene rings is 1. The molecule has 1 amide bonds. The molecule has 0 saturated heterocycles. The molecule has 0 aliphatic rings. The van der Waals surface area contributed by atoms with E-state index < -0.39 is 5.82 Å². The summed E-state index contributed by atoms with van der Waals surface area (Å²) >= 11 is 7.52. The Hall–Kier alpha value is -1.39. The van der Waals surface area contributed by atoms with E-state index in [2.05, 4.69) is 11.4 Å². The Morgan fingerprint density at radius 3 is 2.89 bits per heavy atom. The van der Waals surface area contributed by atoms with Gasteiger partial charge in [-0.2, -0.15) is 0 Å². The lowest BCUT2D eigenvalue weighted by molar-refractivity contribution is -0.116. The molecule has 5 heteroatoms. The van der Waals surface area contributed by atoms with Crippen LogP contribution in [0.5, 0.6) is 0 Å². The van der Waals surface area contributed by atoms with Crippen LogP contribution in [0, 0.1) is 5.82 Å². The van der Waals surface area contributed by atoms with Crippen molar-refractivity contribution in [2.45, 2.75) is 19.3 Å². The lowest BCUT2D eigenvalue weighted by Crippen LogP contribution is -2.11. The van der Waals surface area contributed by atoms with Gasteiger partial charge in [-0.05, 0) is 42.5 Å². The van der Waals surface area contributed by atoms with Gasteiger partial charge in [-0.3, -0.25) is 4.79 Å². The fourth-order valence-corrected chi connectivity index (χ4v) is 2.65. The highest BCUT2D eigenvalue weighted by molar-refractivity contribution is 7.09. The third-order valence-electron chi connectivity index (χ3n) is 2.61. The Balaban J connectivity index is 1.80. The van der Waals surface area contributed by atoms with Crippen molar-refractivity contribution in [2.24, 2.45) is 0 Å². The van der Waals surface area contributed by atoms with Crippen molar-refractivity contribution in [1.82, 2.24) is 0 Å². The van der Waals surface area contributed by atoms with Crippen LogP contribution >= 0.6 is 22.9 Å². The number of carbonyl (C=O) groups excluding carboxylic acids is 1. The number of thiophene rings is 1. The highest BCUT2D eigenvalue weighted by Gasteiger charge is 2.07. The molecule has 1 aromatic heterocycles. The normalized spacial score (nSPS) is 10.4. The Labute approximate surface area is 120 Å². The summed E-state index contributed by atoms with van der Waals surface area (Å²) in [6, 6.07) is 7.97. The van der Waals surface area contributed by atoms with Gasteiger partial charge in [-0.15, -0.1) is 11.3 Å². The predicted octanol–water partition coefficient (Wildman–Crippen LogP) is 4.50. The first kappa shape index (κ1) is 14.0. The molecule has 1 N–H and O–H groups in total. The minimum atomic E-state index is -0.416. The molecule has 2 rings (SSSR count). The number of rotatable bonds is 5. The molecule has 0 aliphatic carbocycles. The molecule has 0 saturated carbocycles. The average Bonchev–Trinajstić information content (AvgIpc) is 2.86. The Kier molecular flexibility index (Phi) is 4.93. The molecule has 19 heavy (non-hydrogen) atoms. The van der Waals surface area contributed by atoms with Gasteiger partial charge in [0.1, 0.15) is 5.82 Å². The van der Waals surface area contributed by atoms with Crippen molar-refractivity contribution >= 4 is 34.5 Å². The van der Waals surface area contributed by atoms with Crippen LogP contribution in [-0.2, 0) is 11.2 Å². The summed E-state index contributed by atoms with van der Waals surface area (Å²) in [5, 5.41) is 4.92. The maximum atomic E-state index is 12.8. The van der Waals surface area contributed by atoms with Gasteiger partial charge in [0.2, 0.25) is 5.91 Å². The SMILES string of the molecule is O=C(CCCc1cccs1)Nc1ccc(F)cc1Cl. The summed E-state index contributed by atoms with van der Waals surface area (Å²) in [7, 11) is 0. The van der Waals surface area contributed by atoms with Gasteiger partial charge in [0.05, 0.1) is 10.7 Å². The van der Waals surface area contributed by atoms with Crippen molar-refractivity contribution < 1.29 is 9.18 Å². The van der Waals surface area contributed by atoms with E-state index in [-0.39, 0.29) is 10.9 Å². The van der Waals surface area contributed by atoms with E-state index in [4.69, 9.17) is 11.6 Å². The van der Waals surface area contributed by atoms with E-state index in [1.54, 1.807) is 11.3 Å². The number of amides is 1. The molecule has 2 aromatic rings. The monoisotopic (exact) mass is 297 g/mol. The Bertz CT molecular complexity index is 557. The van der Waals surface area contributed by atoms with E-state index in [0.29, 0.717) is 12.1 Å². The van der Waals surface area contributed by atoms with E-state index in [1.807, 2.05) is 11.4 Å². The zero-order valence-corrected chi connectivity index (χ0v) is 11.7. The number of hydrogen-bond donors (Lipinski definition) is 1. The largest absolute Gasteiger partial charge is 0.325 e. The van der Waals surface area contributed by atoms with Crippen molar-refractivity contribution in [3.8, 4) is 0 Å². The first-order valence-corrected chi connectivity index (χ1v) is 7.18. The molecule has 0 spiro atoms. The summed E-state index contributed by atoms with van der Waals surface area (Å²) in [5.74, 6) is -0.522. The zero-order chi connectivity index (χ0) is 13.7. The summed E-state index contributed by atoms with van der Waals surface area (Å²) in [6.07, 6.45) is 2.10. The van der Waals surface area contributed by atoms with Crippen LogP contribution in [0.4, 0.5) is 10.1 Å². The van der Waals surface area contributed by atoms with Crippen LogP contribution in [0.1, 0.15) is 17.7 Å². The second-order valence-electron chi connectivity index (χ2n) is 4.11. The van der Waals surface area contributed by atoms with Crippen LogP contribution < -0.4 is 5.32 Å². The molecule has 1 heterocycles. The van der Waals surface area contributed by atoms with Crippen molar-refractivity contribution in [2.75, 3.05) is 5.32 Å². The minimum absolute atomic E-state index is 0.106. The molecule has 0 atom stereocenters. The molecule has 0 unspecified atom stereocenters. The third kappa shape index (κ3) is 4.33.